The second kappa shape index (κ2) is 11.8. The van der Waals surface area contributed by atoms with Gasteiger partial charge in [-0.3, -0.25) is 9.69 Å². The number of methoxy groups -OCH3 is 1. The average Bonchev–Trinajstić information content (AvgIpc) is 3.25. The van der Waals surface area contributed by atoms with Crippen LogP contribution in [0.4, 0.5) is 24.7 Å². The van der Waals surface area contributed by atoms with Crippen LogP contribution in [0, 0.1) is 0 Å². The molecule has 0 aliphatic carbocycles. The maximum atomic E-state index is 13.4. The van der Waals surface area contributed by atoms with Crippen molar-refractivity contribution in [3.8, 4) is 11.5 Å². The lowest BCUT2D eigenvalue weighted by atomic mass is 10.0. The molecule has 0 spiro atoms. The van der Waals surface area contributed by atoms with Gasteiger partial charge in [0.05, 0.1) is 19.3 Å². The first-order chi connectivity index (χ1) is 19.2. The molecular formula is C29H28ClF3N4O3. The van der Waals surface area contributed by atoms with Gasteiger partial charge in [0.15, 0.2) is 11.5 Å². The topological polar surface area (TPSA) is 66.9 Å². The van der Waals surface area contributed by atoms with E-state index in [1.807, 2.05) is 12.1 Å². The number of rotatable bonds is 8. The summed E-state index contributed by atoms with van der Waals surface area (Å²) in [5.41, 5.74) is 2.07. The molecule has 1 N–H and O–H groups in total. The maximum Gasteiger partial charge on any atom is 0.419 e. The van der Waals surface area contributed by atoms with Gasteiger partial charge in [-0.2, -0.15) is 13.2 Å². The lowest BCUT2D eigenvalue weighted by Crippen LogP contribution is -2.47. The molecule has 1 saturated heterocycles. The molecule has 3 aromatic rings. The normalized spacial score (nSPS) is 16.7. The van der Waals surface area contributed by atoms with Crippen molar-refractivity contribution in [1.29, 1.82) is 0 Å². The number of nitrogens with one attached hydrogen (secondary N) is 1. The van der Waals surface area contributed by atoms with Gasteiger partial charge in [-0.25, -0.2) is 4.98 Å². The van der Waals surface area contributed by atoms with Crippen LogP contribution in [0.15, 0.2) is 54.7 Å². The van der Waals surface area contributed by atoms with Gasteiger partial charge >= 0.3 is 6.18 Å². The van der Waals surface area contributed by atoms with Crippen molar-refractivity contribution in [1.82, 2.24) is 9.88 Å². The number of anilines is 2. The first kappa shape index (κ1) is 27.8. The number of hydrogen-bond acceptors (Lipinski definition) is 6. The SMILES string of the molecule is COc1cc(/C=C2\C(=O)Nc3ccc(Cl)cc32)ccc1OCCCN1CCN(c2ncccc2C(F)(F)F)CC1. The van der Waals surface area contributed by atoms with Crippen molar-refractivity contribution >= 4 is 40.7 Å². The number of halogens is 4. The number of nitrogens with zero attached hydrogens (tertiary/aromatic N) is 3. The Bertz CT molecular complexity index is 1420. The zero-order valence-corrected chi connectivity index (χ0v) is 22.6. The molecule has 7 nitrogen and oxygen atoms in total. The van der Waals surface area contributed by atoms with Crippen LogP contribution in [0.5, 0.6) is 11.5 Å². The minimum atomic E-state index is -4.43. The Morgan fingerprint density at radius 1 is 1.07 bits per heavy atom. The third kappa shape index (κ3) is 6.18. The van der Waals surface area contributed by atoms with Gasteiger partial charge in [-0.1, -0.05) is 17.7 Å². The van der Waals surface area contributed by atoms with Crippen LogP contribution in [0.1, 0.15) is 23.1 Å². The van der Waals surface area contributed by atoms with E-state index in [1.54, 1.807) is 42.4 Å². The summed E-state index contributed by atoms with van der Waals surface area (Å²) in [5.74, 6) is 0.927. The Morgan fingerprint density at radius 3 is 2.62 bits per heavy atom. The summed E-state index contributed by atoms with van der Waals surface area (Å²) < 4.78 is 51.5. The molecular weight excluding hydrogens is 545 g/mol. The van der Waals surface area contributed by atoms with Crippen LogP contribution in [-0.2, 0) is 11.0 Å². The molecule has 0 radical (unpaired) electrons. The van der Waals surface area contributed by atoms with E-state index in [2.05, 4.69) is 15.2 Å². The molecule has 40 heavy (non-hydrogen) atoms. The zero-order valence-electron chi connectivity index (χ0n) is 21.8. The summed E-state index contributed by atoms with van der Waals surface area (Å²) >= 11 is 6.12. The van der Waals surface area contributed by atoms with Crippen LogP contribution in [0.3, 0.4) is 0 Å². The lowest BCUT2D eigenvalue weighted by Gasteiger charge is -2.36. The van der Waals surface area contributed by atoms with Crippen molar-refractivity contribution in [3.63, 3.8) is 0 Å². The molecule has 0 saturated carbocycles. The van der Waals surface area contributed by atoms with Crippen molar-refractivity contribution in [3.05, 3.63) is 76.4 Å². The number of amides is 1. The molecule has 210 valence electrons. The van der Waals surface area contributed by atoms with Gasteiger partial charge in [0, 0.05) is 60.8 Å². The Balaban J connectivity index is 1.14. The Labute approximate surface area is 235 Å². The predicted octanol–water partition coefficient (Wildman–Crippen LogP) is 5.85. The number of ether oxygens (including phenoxy) is 2. The maximum absolute atomic E-state index is 13.4. The van der Waals surface area contributed by atoms with Crippen LogP contribution in [0.25, 0.3) is 11.6 Å². The second-order valence-electron chi connectivity index (χ2n) is 9.52. The molecule has 5 rings (SSSR count). The standard InChI is InChI=1S/C29H28ClF3N4O3/c1-39-26-17-19(16-22-21-18-20(30)6-7-24(21)35-28(22)38)5-8-25(26)40-15-3-10-36-11-13-37(14-12-36)27-23(29(31,32)33)4-2-9-34-27/h2,4-9,16-18H,3,10-15H2,1H3,(H,35,38)/b22-16-. The lowest BCUT2D eigenvalue weighted by molar-refractivity contribution is -0.137. The molecule has 0 unspecified atom stereocenters. The molecule has 2 aliphatic rings. The first-order valence-corrected chi connectivity index (χ1v) is 13.2. The van der Waals surface area contributed by atoms with E-state index in [4.69, 9.17) is 21.1 Å². The van der Waals surface area contributed by atoms with Crippen LogP contribution >= 0.6 is 11.6 Å². The third-order valence-electron chi connectivity index (χ3n) is 6.90. The summed E-state index contributed by atoms with van der Waals surface area (Å²) in [6.45, 7) is 3.43. The number of alkyl halides is 3. The molecule has 0 atom stereocenters. The minimum absolute atomic E-state index is 0.00858. The highest BCUT2D eigenvalue weighted by atomic mass is 35.5. The fourth-order valence-electron chi connectivity index (χ4n) is 4.89. The highest BCUT2D eigenvalue weighted by Gasteiger charge is 2.36. The minimum Gasteiger partial charge on any atom is -0.493 e. The Hall–Kier alpha value is -3.76. The number of hydrogen-bond donors (Lipinski definition) is 1. The second-order valence-corrected chi connectivity index (χ2v) is 9.95. The van der Waals surface area contributed by atoms with Gasteiger partial charge in [0.1, 0.15) is 5.82 Å². The van der Waals surface area contributed by atoms with E-state index >= 15 is 0 Å². The van der Waals surface area contributed by atoms with Crippen LogP contribution in [0.2, 0.25) is 5.02 Å². The number of carbonyl (C=O) groups excluding carboxylic acids is 1. The van der Waals surface area contributed by atoms with Gasteiger partial charge in [0.25, 0.3) is 5.91 Å². The molecule has 0 bridgehead atoms. The molecule has 3 heterocycles. The summed E-state index contributed by atoms with van der Waals surface area (Å²) in [6, 6.07) is 13.1. The van der Waals surface area contributed by atoms with Crippen molar-refractivity contribution in [2.45, 2.75) is 12.6 Å². The molecule has 1 aromatic heterocycles. The highest BCUT2D eigenvalue weighted by Crippen LogP contribution is 2.37. The van der Waals surface area contributed by atoms with E-state index in [9.17, 15) is 18.0 Å². The Morgan fingerprint density at radius 2 is 1.88 bits per heavy atom. The highest BCUT2D eigenvalue weighted by molar-refractivity contribution is 6.36. The summed E-state index contributed by atoms with van der Waals surface area (Å²) in [6.07, 6.45) is -0.512. The van der Waals surface area contributed by atoms with E-state index < -0.39 is 11.7 Å². The van der Waals surface area contributed by atoms with E-state index in [0.717, 1.165) is 35.8 Å². The summed E-state index contributed by atoms with van der Waals surface area (Å²) in [5, 5.41) is 3.39. The predicted molar refractivity (Wildman–Crippen MR) is 149 cm³/mol. The average molecular weight is 573 g/mol. The van der Waals surface area contributed by atoms with Crippen molar-refractivity contribution in [2.75, 3.05) is 56.7 Å². The largest absolute Gasteiger partial charge is 0.493 e. The molecule has 1 amide bonds. The van der Waals surface area contributed by atoms with Crippen molar-refractivity contribution < 1.29 is 27.4 Å². The van der Waals surface area contributed by atoms with E-state index in [1.165, 1.54) is 12.3 Å². The number of fused-ring (bicyclic) bond motifs is 1. The van der Waals surface area contributed by atoms with Gasteiger partial charge < -0.3 is 19.7 Å². The third-order valence-corrected chi connectivity index (χ3v) is 7.14. The zero-order chi connectivity index (χ0) is 28.3. The fourth-order valence-corrected chi connectivity index (χ4v) is 5.06. The van der Waals surface area contributed by atoms with Crippen molar-refractivity contribution in [2.24, 2.45) is 0 Å². The summed E-state index contributed by atoms with van der Waals surface area (Å²) in [7, 11) is 1.56. The van der Waals surface area contributed by atoms with E-state index in [-0.39, 0.29) is 11.7 Å². The Kier molecular flexibility index (Phi) is 8.18. The number of benzene rings is 2. The number of piperazine rings is 1. The molecule has 2 aromatic carbocycles. The fraction of sp³-hybridized carbons (Fsp3) is 0.310. The van der Waals surface area contributed by atoms with Crippen LogP contribution < -0.4 is 19.7 Å². The smallest absolute Gasteiger partial charge is 0.419 e. The first-order valence-electron chi connectivity index (χ1n) is 12.9. The summed E-state index contributed by atoms with van der Waals surface area (Å²) in [4.78, 5) is 20.4. The number of aromatic nitrogens is 1. The van der Waals surface area contributed by atoms with Gasteiger partial charge in [0.2, 0.25) is 0 Å². The van der Waals surface area contributed by atoms with Crippen LogP contribution in [-0.4, -0.2) is 62.2 Å². The molecule has 2 aliphatic heterocycles. The quantitative estimate of drug-likeness (QED) is 0.270. The number of pyridine rings is 1. The van der Waals surface area contributed by atoms with Gasteiger partial charge in [-0.15, -0.1) is 0 Å². The van der Waals surface area contributed by atoms with E-state index in [0.29, 0.717) is 54.9 Å². The number of carbonyl (C=O) groups is 1. The monoisotopic (exact) mass is 572 g/mol. The molecule has 11 heteroatoms. The molecule has 1 fully saturated rings. The van der Waals surface area contributed by atoms with Gasteiger partial charge in [-0.05, 0) is 60.5 Å².